The van der Waals surface area contributed by atoms with Crippen molar-refractivity contribution in [1.29, 1.82) is 0 Å². The van der Waals surface area contributed by atoms with Crippen LogP contribution >= 0.6 is 12.2 Å². The Morgan fingerprint density at radius 1 is 0.952 bits per heavy atom. The number of thiocarbonyl (C=S) groups is 1. The van der Waals surface area contributed by atoms with E-state index in [9.17, 15) is 0 Å². The zero-order valence-electron chi connectivity index (χ0n) is 12.5. The molecule has 3 nitrogen and oxygen atoms in total. The summed E-state index contributed by atoms with van der Waals surface area (Å²) in [6.07, 6.45) is 6.79. The van der Waals surface area contributed by atoms with Gasteiger partial charge in [-0.15, -0.1) is 0 Å². The molecule has 4 heteroatoms. The molecule has 2 fully saturated rings. The van der Waals surface area contributed by atoms with Gasteiger partial charge in [-0.2, -0.15) is 4.99 Å². The van der Waals surface area contributed by atoms with Crippen LogP contribution in [0.3, 0.4) is 0 Å². The maximum absolute atomic E-state index is 4.64. The monoisotopic (exact) mass is 301 g/mol. The second-order valence-electron chi connectivity index (χ2n) is 6.03. The zero-order valence-corrected chi connectivity index (χ0v) is 13.3. The van der Waals surface area contributed by atoms with E-state index in [1.807, 2.05) is 12.1 Å². The highest BCUT2D eigenvalue weighted by Crippen LogP contribution is 2.26. The Bertz CT molecular complexity index is 493. The van der Waals surface area contributed by atoms with Gasteiger partial charge >= 0.3 is 0 Å². The lowest BCUT2D eigenvalue weighted by Gasteiger charge is -2.41. The highest BCUT2D eigenvalue weighted by atomic mass is 32.1. The molecule has 112 valence electrons. The van der Waals surface area contributed by atoms with Crippen LogP contribution in [0.2, 0.25) is 0 Å². The summed E-state index contributed by atoms with van der Waals surface area (Å²) in [5, 5.41) is 2.41. The summed E-state index contributed by atoms with van der Waals surface area (Å²) >= 11 is 4.64. The van der Waals surface area contributed by atoms with Gasteiger partial charge < -0.3 is 9.80 Å². The van der Waals surface area contributed by atoms with E-state index in [2.05, 4.69) is 44.3 Å². The highest BCUT2D eigenvalue weighted by Gasteiger charge is 2.25. The van der Waals surface area contributed by atoms with Gasteiger partial charge in [0.1, 0.15) is 0 Å². The van der Waals surface area contributed by atoms with Crippen LogP contribution in [-0.2, 0) is 0 Å². The van der Waals surface area contributed by atoms with Gasteiger partial charge in [0.25, 0.3) is 0 Å². The molecule has 0 aromatic heterocycles. The molecule has 0 atom stereocenters. The first kappa shape index (κ1) is 14.7. The molecule has 1 aromatic carbocycles. The van der Waals surface area contributed by atoms with E-state index >= 15 is 0 Å². The lowest BCUT2D eigenvalue weighted by molar-refractivity contribution is 0.141. The van der Waals surface area contributed by atoms with Crippen molar-refractivity contribution in [2.45, 2.75) is 38.1 Å². The van der Waals surface area contributed by atoms with Crippen LogP contribution in [0.1, 0.15) is 32.1 Å². The number of hydrogen-bond acceptors (Lipinski definition) is 4. The van der Waals surface area contributed by atoms with Gasteiger partial charge in [0.2, 0.25) is 0 Å². The fraction of sp³-hybridized carbons (Fsp3) is 0.588. The van der Waals surface area contributed by atoms with Crippen molar-refractivity contribution in [3.05, 3.63) is 24.3 Å². The first-order chi connectivity index (χ1) is 10.4. The van der Waals surface area contributed by atoms with E-state index in [1.54, 1.807) is 0 Å². The van der Waals surface area contributed by atoms with Gasteiger partial charge in [0.05, 0.1) is 10.8 Å². The first-order valence-electron chi connectivity index (χ1n) is 8.04. The number of hydrogen-bond donors (Lipinski definition) is 0. The molecule has 0 unspecified atom stereocenters. The lowest BCUT2D eigenvalue weighted by Crippen LogP contribution is -2.46. The fourth-order valence-corrected chi connectivity index (χ4v) is 3.67. The molecule has 21 heavy (non-hydrogen) atoms. The molecule has 2 aliphatic rings. The van der Waals surface area contributed by atoms with Crippen LogP contribution in [0.25, 0.3) is 0 Å². The maximum Gasteiger partial charge on any atom is 0.0741 e. The molecule has 2 heterocycles. The number of isothiocyanates is 1. The molecule has 3 rings (SSSR count). The Kier molecular flexibility index (Phi) is 5.02. The minimum Gasteiger partial charge on any atom is -0.371 e. The Morgan fingerprint density at radius 2 is 1.62 bits per heavy atom. The van der Waals surface area contributed by atoms with E-state index in [0.29, 0.717) is 0 Å². The summed E-state index contributed by atoms with van der Waals surface area (Å²) in [6.45, 7) is 4.96. The van der Waals surface area contributed by atoms with Crippen LogP contribution in [0.15, 0.2) is 29.3 Å². The topological polar surface area (TPSA) is 18.8 Å². The summed E-state index contributed by atoms with van der Waals surface area (Å²) < 4.78 is 0. The second-order valence-corrected chi connectivity index (χ2v) is 6.22. The number of nitrogens with zero attached hydrogens (tertiary/aromatic N) is 3. The molecule has 0 spiro atoms. The second kappa shape index (κ2) is 7.17. The maximum atomic E-state index is 4.64. The molecular formula is C17H23N3S. The first-order valence-corrected chi connectivity index (χ1v) is 8.44. The van der Waals surface area contributed by atoms with Crippen molar-refractivity contribution >= 4 is 28.8 Å². The summed E-state index contributed by atoms with van der Waals surface area (Å²) in [6, 6.07) is 9.14. The van der Waals surface area contributed by atoms with E-state index in [-0.39, 0.29) is 0 Å². The van der Waals surface area contributed by atoms with Crippen molar-refractivity contribution < 1.29 is 0 Å². The van der Waals surface area contributed by atoms with Gasteiger partial charge in [-0.05, 0) is 75.3 Å². The molecular weight excluding hydrogens is 278 g/mol. The third kappa shape index (κ3) is 3.70. The van der Waals surface area contributed by atoms with Crippen LogP contribution in [0.5, 0.6) is 0 Å². The van der Waals surface area contributed by atoms with Gasteiger partial charge in [-0.3, -0.25) is 0 Å². The largest absolute Gasteiger partial charge is 0.371 e. The molecule has 0 radical (unpaired) electrons. The number of likely N-dealkylation sites (tertiary alicyclic amines) is 1. The SMILES string of the molecule is S=C=Nc1ccc(N2CCC(N3CCCCC3)CC2)cc1. The van der Waals surface area contributed by atoms with Crippen LogP contribution < -0.4 is 4.90 Å². The van der Waals surface area contributed by atoms with Crippen molar-refractivity contribution in [3.8, 4) is 0 Å². The lowest BCUT2D eigenvalue weighted by atomic mass is 9.99. The Hall–Kier alpha value is -1.22. The standard InChI is InChI=1S/C17H23N3S/c21-14-18-15-4-6-16(7-5-15)20-12-8-17(9-13-20)19-10-2-1-3-11-19/h4-7,17H,1-3,8-13H2. The van der Waals surface area contributed by atoms with Crippen molar-refractivity contribution in [2.75, 3.05) is 31.1 Å². The van der Waals surface area contributed by atoms with E-state index in [0.717, 1.165) is 24.8 Å². The zero-order chi connectivity index (χ0) is 14.5. The summed E-state index contributed by atoms with van der Waals surface area (Å²) in [4.78, 5) is 9.22. The fourth-order valence-electron chi connectivity index (χ4n) is 3.56. The minimum atomic E-state index is 0.806. The van der Waals surface area contributed by atoms with Gasteiger partial charge in [-0.25, -0.2) is 0 Å². The number of rotatable bonds is 3. The normalized spacial score (nSPS) is 21.0. The Labute approximate surface area is 132 Å². The molecule has 0 aliphatic carbocycles. The van der Waals surface area contributed by atoms with Gasteiger partial charge in [0, 0.05) is 24.8 Å². The summed E-state index contributed by atoms with van der Waals surface area (Å²) in [5.41, 5.74) is 2.19. The quantitative estimate of drug-likeness (QED) is 0.624. The molecule has 1 aromatic rings. The van der Waals surface area contributed by atoms with E-state index in [1.165, 1.54) is 50.9 Å². The molecule has 0 saturated carbocycles. The predicted molar refractivity (Wildman–Crippen MR) is 91.8 cm³/mol. The van der Waals surface area contributed by atoms with E-state index in [4.69, 9.17) is 0 Å². The third-order valence-corrected chi connectivity index (χ3v) is 4.85. The Morgan fingerprint density at radius 3 is 2.24 bits per heavy atom. The number of piperidine rings is 2. The van der Waals surface area contributed by atoms with E-state index < -0.39 is 0 Å². The average Bonchev–Trinajstić information content (AvgIpc) is 2.57. The van der Waals surface area contributed by atoms with Crippen molar-refractivity contribution in [3.63, 3.8) is 0 Å². The minimum absolute atomic E-state index is 0.806. The van der Waals surface area contributed by atoms with Crippen LogP contribution in [0, 0.1) is 0 Å². The Balaban J connectivity index is 1.56. The third-order valence-electron chi connectivity index (χ3n) is 4.76. The molecule has 0 N–H and O–H groups in total. The smallest absolute Gasteiger partial charge is 0.0741 e. The molecule has 2 aliphatic heterocycles. The predicted octanol–water partition coefficient (Wildman–Crippen LogP) is 3.88. The number of aliphatic imine (C=N–C) groups is 1. The average molecular weight is 301 g/mol. The van der Waals surface area contributed by atoms with Gasteiger partial charge in [-0.1, -0.05) is 6.42 Å². The van der Waals surface area contributed by atoms with Crippen molar-refractivity contribution in [2.24, 2.45) is 4.99 Å². The molecule has 0 amide bonds. The van der Waals surface area contributed by atoms with Crippen molar-refractivity contribution in [1.82, 2.24) is 4.90 Å². The highest BCUT2D eigenvalue weighted by molar-refractivity contribution is 7.78. The number of benzene rings is 1. The van der Waals surface area contributed by atoms with Crippen LogP contribution in [0.4, 0.5) is 11.4 Å². The summed E-state index contributed by atoms with van der Waals surface area (Å²) in [7, 11) is 0. The van der Waals surface area contributed by atoms with Gasteiger partial charge in [0.15, 0.2) is 0 Å². The number of anilines is 1. The molecule has 2 saturated heterocycles. The molecule has 0 bridgehead atoms. The summed E-state index contributed by atoms with van der Waals surface area (Å²) in [5.74, 6) is 0. The van der Waals surface area contributed by atoms with Crippen LogP contribution in [-0.4, -0.2) is 42.3 Å².